The van der Waals surface area contributed by atoms with Gasteiger partial charge in [0, 0.05) is 25.0 Å². The van der Waals surface area contributed by atoms with Gasteiger partial charge < -0.3 is 9.88 Å². The zero-order valence-corrected chi connectivity index (χ0v) is 9.03. The zero-order chi connectivity index (χ0) is 11.8. The first-order chi connectivity index (χ1) is 8.22. The van der Waals surface area contributed by atoms with Crippen LogP contribution < -0.4 is 5.32 Å². The van der Waals surface area contributed by atoms with Gasteiger partial charge in [0.15, 0.2) is 0 Å². The molecule has 2 aromatic rings. The van der Waals surface area contributed by atoms with Crippen molar-refractivity contribution in [2.45, 2.75) is 19.0 Å². The summed E-state index contributed by atoms with van der Waals surface area (Å²) in [6.07, 6.45) is 4.37. The second kappa shape index (κ2) is 3.84. The van der Waals surface area contributed by atoms with E-state index in [1.165, 1.54) is 12.1 Å². The summed E-state index contributed by atoms with van der Waals surface area (Å²) < 4.78 is 28.2. The summed E-state index contributed by atoms with van der Waals surface area (Å²) in [6.45, 7) is 0.797. The molecular weight excluding hydrogens is 224 g/mol. The summed E-state index contributed by atoms with van der Waals surface area (Å²) >= 11 is 0. The van der Waals surface area contributed by atoms with Gasteiger partial charge in [0.1, 0.15) is 11.6 Å². The molecule has 1 aromatic carbocycles. The Labute approximate surface area is 97.1 Å². The third kappa shape index (κ3) is 1.88. The maximum atomic E-state index is 13.1. The number of benzene rings is 1. The lowest BCUT2D eigenvalue weighted by Crippen LogP contribution is -2.22. The molecule has 0 aliphatic carbocycles. The van der Waals surface area contributed by atoms with Crippen molar-refractivity contribution >= 4 is 5.95 Å². The second-order valence-electron chi connectivity index (χ2n) is 4.13. The number of nitrogens with zero attached hydrogens (tertiary/aromatic N) is 2. The van der Waals surface area contributed by atoms with E-state index >= 15 is 0 Å². The zero-order valence-electron chi connectivity index (χ0n) is 9.03. The fourth-order valence-electron chi connectivity index (χ4n) is 2.15. The third-order valence-corrected chi connectivity index (χ3v) is 2.96. The van der Waals surface area contributed by atoms with Crippen LogP contribution in [-0.2, 0) is 6.54 Å². The highest BCUT2D eigenvalue weighted by molar-refractivity contribution is 5.35. The Bertz CT molecular complexity index is 530. The van der Waals surface area contributed by atoms with Crippen LogP contribution >= 0.6 is 0 Å². The van der Waals surface area contributed by atoms with E-state index in [1.807, 2.05) is 10.8 Å². The molecule has 1 aliphatic heterocycles. The second-order valence-corrected chi connectivity index (χ2v) is 4.13. The highest BCUT2D eigenvalue weighted by Crippen LogP contribution is 2.28. The molecule has 0 radical (unpaired) electrons. The standard InChI is InChI=1S/C12H11F2N3/c13-9-5-8(6-10(14)7-9)11-1-3-17-4-2-15-12(17)16-11/h2,4-7,11H,1,3H2,(H,15,16). The summed E-state index contributed by atoms with van der Waals surface area (Å²) in [7, 11) is 0. The fourth-order valence-corrected chi connectivity index (χ4v) is 2.15. The molecule has 3 rings (SSSR count). The molecule has 3 nitrogen and oxygen atoms in total. The van der Waals surface area contributed by atoms with Gasteiger partial charge in [-0.15, -0.1) is 0 Å². The Morgan fingerprint density at radius 3 is 2.76 bits per heavy atom. The van der Waals surface area contributed by atoms with E-state index in [0.717, 1.165) is 25.0 Å². The summed E-state index contributed by atoms with van der Waals surface area (Å²) in [5.74, 6) is -0.350. The molecule has 5 heteroatoms. The van der Waals surface area contributed by atoms with E-state index in [0.29, 0.717) is 5.56 Å². The largest absolute Gasteiger partial charge is 0.349 e. The van der Waals surface area contributed by atoms with Crippen molar-refractivity contribution in [2.75, 3.05) is 5.32 Å². The molecule has 1 atom stereocenters. The fraction of sp³-hybridized carbons (Fsp3) is 0.250. The molecule has 0 amide bonds. The van der Waals surface area contributed by atoms with Gasteiger partial charge in [0.25, 0.3) is 0 Å². The van der Waals surface area contributed by atoms with Crippen LogP contribution in [0.25, 0.3) is 0 Å². The summed E-state index contributed by atoms with van der Waals surface area (Å²) in [6, 6.07) is 3.52. The first-order valence-corrected chi connectivity index (χ1v) is 5.46. The van der Waals surface area contributed by atoms with Crippen LogP contribution in [0.2, 0.25) is 0 Å². The van der Waals surface area contributed by atoms with E-state index in [1.54, 1.807) is 6.20 Å². The number of nitrogens with one attached hydrogen (secondary N) is 1. The Hall–Kier alpha value is -1.91. The minimum atomic E-state index is -0.546. The van der Waals surface area contributed by atoms with Crippen molar-refractivity contribution in [1.82, 2.24) is 9.55 Å². The molecule has 0 saturated heterocycles. The molecule has 0 saturated carbocycles. The number of halogens is 2. The third-order valence-electron chi connectivity index (χ3n) is 2.96. The van der Waals surface area contributed by atoms with Crippen molar-refractivity contribution < 1.29 is 8.78 Å². The lowest BCUT2D eigenvalue weighted by Gasteiger charge is -2.25. The Morgan fingerprint density at radius 1 is 1.24 bits per heavy atom. The maximum Gasteiger partial charge on any atom is 0.203 e. The molecule has 1 aromatic heterocycles. The number of aromatic nitrogens is 2. The number of aryl methyl sites for hydroxylation is 1. The highest BCUT2D eigenvalue weighted by Gasteiger charge is 2.20. The molecule has 1 aliphatic rings. The summed E-state index contributed by atoms with van der Waals surface area (Å²) in [4.78, 5) is 4.14. The number of hydrogen-bond donors (Lipinski definition) is 1. The minimum absolute atomic E-state index is 0.0879. The number of rotatable bonds is 1. The predicted octanol–water partition coefficient (Wildman–Crippen LogP) is 2.72. The van der Waals surface area contributed by atoms with E-state index < -0.39 is 11.6 Å². The molecule has 2 heterocycles. The average Bonchev–Trinajstić information content (AvgIpc) is 2.74. The first-order valence-electron chi connectivity index (χ1n) is 5.46. The molecule has 0 bridgehead atoms. The van der Waals surface area contributed by atoms with Crippen LogP contribution in [0.3, 0.4) is 0 Å². The molecule has 1 unspecified atom stereocenters. The molecular formula is C12H11F2N3. The maximum absolute atomic E-state index is 13.1. The lowest BCUT2D eigenvalue weighted by atomic mass is 10.0. The van der Waals surface area contributed by atoms with Crippen LogP contribution in [-0.4, -0.2) is 9.55 Å². The number of fused-ring (bicyclic) bond motifs is 1. The number of hydrogen-bond acceptors (Lipinski definition) is 2. The lowest BCUT2D eigenvalue weighted by molar-refractivity contribution is 0.529. The van der Waals surface area contributed by atoms with Crippen molar-refractivity contribution in [3.63, 3.8) is 0 Å². The van der Waals surface area contributed by atoms with E-state index in [4.69, 9.17) is 0 Å². The van der Waals surface area contributed by atoms with Gasteiger partial charge in [-0.1, -0.05) is 0 Å². The van der Waals surface area contributed by atoms with E-state index in [-0.39, 0.29) is 6.04 Å². The average molecular weight is 235 g/mol. The number of anilines is 1. The molecule has 0 fully saturated rings. The van der Waals surface area contributed by atoms with Gasteiger partial charge in [-0.3, -0.25) is 0 Å². The Balaban J connectivity index is 1.91. The van der Waals surface area contributed by atoms with Crippen molar-refractivity contribution in [2.24, 2.45) is 0 Å². The van der Waals surface area contributed by atoms with Gasteiger partial charge in [0.05, 0.1) is 6.04 Å². The molecule has 17 heavy (non-hydrogen) atoms. The van der Waals surface area contributed by atoms with Crippen LogP contribution in [0, 0.1) is 11.6 Å². The topological polar surface area (TPSA) is 29.9 Å². The molecule has 1 N–H and O–H groups in total. The molecule has 88 valence electrons. The Kier molecular flexibility index (Phi) is 2.31. The van der Waals surface area contributed by atoms with Crippen LogP contribution in [0.1, 0.15) is 18.0 Å². The van der Waals surface area contributed by atoms with Crippen molar-refractivity contribution in [1.29, 1.82) is 0 Å². The predicted molar refractivity (Wildman–Crippen MR) is 59.6 cm³/mol. The van der Waals surface area contributed by atoms with Crippen molar-refractivity contribution in [3.8, 4) is 0 Å². The Morgan fingerprint density at radius 2 is 2.00 bits per heavy atom. The first kappa shape index (κ1) is 10.3. The minimum Gasteiger partial charge on any atom is -0.349 e. The van der Waals surface area contributed by atoms with Gasteiger partial charge in [0.2, 0.25) is 5.95 Å². The molecule has 0 spiro atoms. The SMILES string of the molecule is Fc1cc(F)cc(C2CCn3ccnc3N2)c1. The van der Waals surface area contributed by atoms with Gasteiger partial charge in [-0.05, 0) is 24.1 Å². The highest BCUT2D eigenvalue weighted by atomic mass is 19.1. The smallest absolute Gasteiger partial charge is 0.203 e. The normalized spacial score (nSPS) is 18.6. The van der Waals surface area contributed by atoms with Crippen LogP contribution in [0.4, 0.5) is 14.7 Å². The summed E-state index contributed by atoms with van der Waals surface area (Å²) in [5.41, 5.74) is 0.622. The van der Waals surface area contributed by atoms with E-state index in [2.05, 4.69) is 10.3 Å². The van der Waals surface area contributed by atoms with Crippen LogP contribution in [0.15, 0.2) is 30.6 Å². The monoisotopic (exact) mass is 235 g/mol. The van der Waals surface area contributed by atoms with Gasteiger partial charge >= 0.3 is 0 Å². The van der Waals surface area contributed by atoms with Gasteiger partial charge in [-0.2, -0.15) is 0 Å². The summed E-state index contributed by atoms with van der Waals surface area (Å²) in [5, 5.41) is 3.17. The quantitative estimate of drug-likeness (QED) is 0.823. The van der Waals surface area contributed by atoms with Crippen molar-refractivity contribution in [3.05, 3.63) is 47.8 Å². The van der Waals surface area contributed by atoms with E-state index in [9.17, 15) is 8.78 Å². The van der Waals surface area contributed by atoms with Crippen LogP contribution in [0.5, 0.6) is 0 Å². The van der Waals surface area contributed by atoms with Gasteiger partial charge in [-0.25, -0.2) is 13.8 Å². The number of imidazole rings is 1.